The molecule has 2 nitrogen and oxygen atoms in total. The lowest BCUT2D eigenvalue weighted by Gasteiger charge is -2.19. The fourth-order valence-electron chi connectivity index (χ4n) is 1.54. The van der Waals surface area contributed by atoms with Crippen LogP contribution in [0.15, 0.2) is 12.1 Å². The maximum absolute atomic E-state index is 6.06. The zero-order chi connectivity index (χ0) is 13.1. The SMILES string of the molecule is COc1cc(Cl)c(C)cc1NCCC(C)(C)C. The first-order valence-electron chi connectivity index (χ1n) is 5.91. The van der Waals surface area contributed by atoms with Gasteiger partial charge in [-0.05, 0) is 30.4 Å². The van der Waals surface area contributed by atoms with E-state index in [9.17, 15) is 0 Å². The van der Waals surface area contributed by atoms with Gasteiger partial charge in [-0.3, -0.25) is 0 Å². The van der Waals surface area contributed by atoms with Gasteiger partial charge in [-0.15, -0.1) is 0 Å². The molecule has 1 rings (SSSR count). The number of halogens is 1. The van der Waals surface area contributed by atoms with E-state index in [1.54, 1.807) is 7.11 Å². The van der Waals surface area contributed by atoms with Gasteiger partial charge in [-0.2, -0.15) is 0 Å². The van der Waals surface area contributed by atoms with Crippen molar-refractivity contribution in [1.29, 1.82) is 0 Å². The molecule has 0 atom stereocenters. The molecule has 17 heavy (non-hydrogen) atoms. The molecule has 0 radical (unpaired) electrons. The van der Waals surface area contributed by atoms with Crippen molar-refractivity contribution in [1.82, 2.24) is 0 Å². The molecule has 96 valence electrons. The second-order valence-corrected chi connectivity index (χ2v) is 5.95. The summed E-state index contributed by atoms with van der Waals surface area (Å²) in [4.78, 5) is 0. The van der Waals surface area contributed by atoms with Crippen molar-refractivity contribution >= 4 is 17.3 Å². The third-order valence-corrected chi connectivity index (χ3v) is 3.08. The highest BCUT2D eigenvalue weighted by molar-refractivity contribution is 6.31. The maximum Gasteiger partial charge on any atom is 0.143 e. The molecule has 0 fully saturated rings. The lowest BCUT2D eigenvalue weighted by atomic mass is 9.92. The average molecular weight is 256 g/mol. The number of rotatable bonds is 4. The summed E-state index contributed by atoms with van der Waals surface area (Å²) in [5, 5.41) is 4.14. The number of hydrogen-bond donors (Lipinski definition) is 1. The van der Waals surface area contributed by atoms with Gasteiger partial charge in [0.2, 0.25) is 0 Å². The molecule has 0 bridgehead atoms. The summed E-state index contributed by atoms with van der Waals surface area (Å²) in [5.74, 6) is 0.800. The molecular weight excluding hydrogens is 234 g/mol. The summed E-state index contributed by atoms with van der Waals surface area (Å²) in [7, 11) is 1.66. The zero-order valence-corrected chi connectivity index (χ0v) is 12.1. The molecule has 0 unspecified atom stereocenters. The average Bonchev–Trinajstić information content (AvgIpc) is 2.21. The second kappa shape index (κ2) is 5.63. The number of nitrogens with one attached hydrogen (secondary N) is 1. The van der Waals surface area contributed by atoms with Crippen LogP contribution in [-0.2, 0) is 0 Å². The molecule has 0 aliphatic carbocycles. The van der Waals surface area contributed by atoms with Gasteiger partial charge in [-0.25, -0.2) is 0 Å². The summed E-state index contributed by atoms with van der Waals surface area (Å²) in [6, 6.07) is 3.89. The fraction of sp³-hybridized carbons (Fsp3) is 0.571. The zero-order valence-electron chi connectivity index (χ0n) is 11.4. The molecule has 1 N–H and O–H groups in total. The molecule has 0 aliphatic heterocycles. The molecule has 0 spiro atoms. The van der Waals surface area contributed by atoms with Crippen LogP contribution in [0.1, 0.15) is 32.8 Å². The van der Waals surface area contributed by atoms with Crippen molar-refractivity contribution in [2.75, 3.05) is 19.0 Å². The van der Waals surface area contributed by atoms with Gasteiger partial charge in [0, 0.05) is 17.6 Å². The lowest BCUT2D eigenvalue weighted by Crippen LogP contribution is -2.13. The van der Waals surface area contributed by atoms with E-state index < -0.39 is 0 Å². The Morgan fingerprint density at radius 3 is 2.47 bits per heavy atom. The Kier molecular flexibility index (Phi) is 4.70. The Labute approximate surface area is 109 Å². The van der Waals surface area contributed by atoms with Gasteiger partial charge in [0.05, 0.1) is 12.8 Å². The van der Waals surface area contributed by atoms with E-state index in [0.29, 0.717) is 5.41 Å². The largest absolute Gasteiger partial charge is 0.495 e. The number of hydrogen-bond acceptors (Lipinski definition) is 2. The number of ether oxygens (including phenoxy) is 1. The summed E-state index contributed by atoms with van der Waals surface area (Å²) in [6.45, 7) is 9.63. The minimum Gasteiger partial charge on any atom is -0.495 e. The van der Waals surface area contributed by atoms with Crippen molar-refractivity contribution in [3.05, 3.63) is 22.7 Å². The minimum absolute atomic E-state index is 0.335. The van der Waals surface area contributed by atoms with Crippen molar-refractivity contribution in [3.8, 4) is 5.75 Å². The molecule has 0 saturated carbocycles. The molecule has 0 amide bonds. The van der Waals surface area contributed by atoms with Gasteiger partial charge in [0.25, 0.3) is 0 Å². The number of methoxy groups -OCH3 is 1. The quantitative estimate of drug-likeness (QED) is 0.855. The highest BCUT2D eigenvalue weighted by atomic mass is 35.5. The molecule has 0 aromatic heterocycles. The topological polar surface area (TPSA) is 21.3 Å². The summed E-state index contributed by atoms with van der Waals surface area (Å²) in [6.07, 6.45) is 1.11. The van der Waals surface area contributed by atoms with E-state index in [2.05, 4.69) is 26.1 Å². The molecular formula is C14H22ClNO. The standard InChI is InChI=1S/C14H22ClNO/c1-10-8-12(13(17-5)9-11(10)15)16-7-6-14(2,3)4/h8-9,16H,6-7H2,1-5H3. The van der Waals surface area contributed by atoms with Gasteiger partial charge in [-0.1, -0.05) is 32.4 Å². The predicted octanol–water partition coefficient (Wildman–Crippen LogP) is 4.51. The second-order valence-electron chi connectivity index (χ2n) is 5.54. The number of benzene rings is 1. The van der Waals surface area contributed by atoms with Crippen molar-refractivity contribution in [3.63, 3.8) is 0 Å². The van der Waals surface area contributed by atoms with Crippen LogP contribution in [0.4, 0.5) is 5.69 Å². The summed E-state index contributed by atoms with van der Waals surface area (Å²) in [5.41, 5.74) is 2.41. The van der Waals surface area contributed by atoms with Gasteiger partial charge < -0.3 is 10.1 Å². The normalized spacial score (nSPS) is 11.4. The predicted molar refractivity (Wildman–Crippen MR) is 75.3 cm³/mol. The van der Waals surface area contributed by atoms with Crippen LogP contribution in [0.3, 0.4) is 0 Å². The lowest BCUT2D eigenvalue weighted by molar-refractivity contribution is 0.388. The monoisotopic (exact) mass is 255 g/mol. The van der Waals surface area contributed by atoms with Crippen molar-refractivity contribution in [2.45, 2.75) is 34.1 Å². The van der Waals surface area contributed by atoms with Crippen LogP contribution >= 0.6 is 11.6 Å². The molecule has 3 heteroatoms. The van der Waals surface area contributed by atoms with E-state index in [1.807, 2.05) is 19.1 Å². The summed E-state index contributed by atoms with van der Waals surface area (Å²) >= 11 is 6.06. The van der Waals surface area contributed by atoms with Gasteiger partial charge in [0.1, 0.15) is 5.75 Å². The minimum atomic E-state index is 0.335. The first-order chi connectivity index (χ1) is 7.83. The van der Waals surface area contributed by atoms with Crippen molar-refractivity contribution < 1.29 is 4.74 Å². The van der Waals surface area contributed by atoms with Crippen molar-refractivity contribution in [2.24, 2.45) is 5.41 Å². The summed E-state index contributed by atoms with van der Waals surface area (Å²) < 4.78 is 5.32. The first kappa shape index (κ1) is 14.2. The molecule has 0 saturated heterocycles. The van der Waals surface area contributed by atoms with Crippen LogP contribution in [0.5, 0.6) is 5.75 Å². The molecule has 0 aliphatic rings. The smallest absolute Gasteiger partial charge is 0.143 e. The van der Waals surface area contributed by atoms with Crippen LogP contribution in [0.25, 0.3) is 0 Å². The third-order valence-electron chi connectivity index (χ3n) is 2.67. The van der Waals surface area contributed by atoms with Gasteiger partial charge >= 0.3 is 0 Å². The Bertz CT molecular complexity index is 383. The van der Waals surface area contributed by atoms with Gasteiger partial charge in [0.15, 0.2) is 0 Å². The maximum atomic E-state index is 6.06. The highest BCUT2D eigenvalue weighted by Crippen LogP contribution is 2.31. The van der Waals surface area contributed by atoms with Crippen LogP contribution in [0.2, 0.25) is 5.02 Å². The first-order valence-corrected chi connectivity index (χ1v) is 6.29. The Morgan fingerprint density at radius 1 is 1.29 bits per heavy atom. The Balaban J connectivity index is 2.73. The van der Waals surface area contributed by atoms with Crippen LogP contribution in [-0.4, -0.2) is 13.7 Å². The van der Waals surface area contributed by atoms with E-state index >= 15 is 0 Å². The molecule has 1 aromatic carbocycles. The Morgan fingerprint density at radius 2 is 1.94 bits per heavy atom. The fourth-order valence-corrected chi connectivity index (χ4v) is 1.70. The highest BCUT2D eigenvalue weighted by Gasteiger charge is 2.11. The van der Waals surface area contributed by atoms with E-state index in [-0.39, 0.29) is 0 Å². The molecule has 1 aromatic rings. The number of aryl methyl sites for hydroxylation is 1. The van der Waals surface area contributed by atoms with E-state index in [4.69, 9.17) is 16.3 Å². The van der Waals surface area contributed by atoms with E-state index in [1.165, 1.54) is 0 Å². The molecule has 0 heterocycles. The number of anilines is 1. The third kappa shape index (κ3) is 4.47. The Hall–Kier alpha value is -0.890. The van der Waals surface area contributed by atoms with Crippen LogP contribution < -0.4 is 10.1 Å². The van der Waals surface area contributed by atoms with Crippen LogP contribution in [0, 0.1) is 12.3 Å². The van der Waals surface area contributed by atoms with E-state index in [0.717, 1.165) is 35.0 Å².